The van der Waals surface area contributed by atoms with E-state index >= 15 is 0 Å². The van der Waals surface area contributed by atoms with Crippen molar-refractivity contribution in [3.05, 3.63) is 60.2 Å². The second kappa shape index (κ2) is 5.93. The third-order valence-electron chi connectivity index (χ3n) is 6.41. The molecule has 0 aromatic heterocycles. The van der Waals surface area contributed by atoms with Crippen molar-refractivity contribution in [3.63, 3.8) is 0 Å². The number of hydrogen-bond donors (Lipinski definition) is 0. The third-order valence-corrected chi connectivity index (χ3v) is 6.41. The first kappa shape index (κ1) is 14.5. The van der Waals surface area contributed by atoms with E-state index in [2.05, 4.69) is 64.4 Å². The molecule has 2 nitrogen and oxygen atoms in total. The standard InChI is InChI=1S/C22H26N2/c1-2-10-18(11-3-1)24-21-13-7-6-12-19(21)20-16-23(15-14-22(20)24)17-8-4-5-9-17/h1-3,6-7,10-13,17,20,22H,4-5,8-9,14-16H2/t20-,22+/m0/s1. The number of likely N-dealkylation sites (tertiary alicyclic amines) is 1. The molecule has 0 radical (unpaired) electrons. The molecule has 0 spiro atoms. The van der Waals surface area contributed by atoms with Crippen molar-refractivity contribution in [2.24, 2.45) is 0 Å². The highest BCUT2D eigenvalue weighted by Crippen LogP contribution is 2.48. The van der Waals surface area contributed by atoms with Crippen LogP contribution in [-0.4, -0.2) is 30.1 Å². The van der Waals surface area contributed by atoms with Gasteiger partial charge in [-0.05, 0) is 43.0 Å². The van der Waals surface area contributed by atoms with Gasteiger partial charge in [-0.1, -0.05) is 49.2 Å². The van der Waals surface area contributed by atoms with Crippen LogP contribution < -0.4 is 4.90 Å². The number of para-hydroxylation sites is 2. The number of anilines is 2. The zero-order valence-corrected chi connectivity index (χ0v) is 14.3. The summed E-state index contributed by atoms with van der Waals surface area (Å²) in [5.41, 5.74) is 4.35. The van der Waals surface area contributed by atoms with Gasteiger partial charge in [-0.25, -0.2) is 0 Å². The Bertz CT molecular complexity index is 705. The number of rotatable bonds is 2. The summed E-state index contributed by atoms with van der Waals surface area (Å²) in [7, 11) is 0. The maximum absolute atomic E-state index is 2.80. The SMILES string of the molecule is c1ccc(N2c3ccccc3[C@@H]3CN(C4CCCC4)CC[C@H]32)cc1. The van der Waals surface area contributed by atoms with Crippen LogP contribution in [0.4, 0.5) is 11.4 Å². The first-order chi connectivity index (χ1) is 11.9. The molecule has 124 valence electrons. The molecular formula is C22H26N2. The first-order valence-electron chi connectivity index (χ1n) is 9.59. The lowest BCUT2D eigenvalue weighted by Gasteiger charge is -2.41. The molecule has 0 bridgehead atoms. The highest BCUT2D eigenvalue weighted by molar-refractivity contribution is 5.72. The van der Waals surface area contributed by atoms with Crippen LogP contribution in [0.5, 0.6) is 0 Å². The van der Waals surface area contributed by atoms with Gasteiger partial charge < -0.3 is 4.90 Å². The Labute approximate surface area is 145 Å². The molecule has 2 aromatic carbocycles. The number of fused-ring (bicyclic) bond motifs is 3. The average molecular weight is 318 g/mol. The molecule has 2 heterocycles. The molecule has 1 aliphatic carbocycles. The van der Waals surface area contributed by atoms with Crippen LogP contribution in [0, 0.1) is 0 Å². The van der Waals surface area contributed by atoms with Gasteiger partial charge in [-0.3, -0.25) is 4.90 Å². The minimum atomic E-state index is 0.627. The van der Waals surface area contributed by atoms with Crippen LogP contribution >= 0.6 is 0 Å². The zero-order valence-electron chi connectivity index (χ0n) is 14.3. The van der Waals surface area contributed by atoms with Crippen molar-refractivity contribution < 1.29 is 0 Å². The van der Waals surface area contributed by atoms with Gasteiger partial charge in [0.05, 0.1) is 0 Å². The molecule has 2 heteroatoms. The summed E-state index contributed by atoms with van der Waals surface area (Å²) in [6.07, 6.45) is 6.98. The molecule has 5 rings (SSSR count). The van der Waals surface area contributed by atoms with Gasteiger partial charge >= 0.3 is 0 Å². The summed E-state index contributed by atoms with van der Waals surface area (Å²) in [6.45, 7) is 2.51. The Hall–Kier alpha value is -1.80. The molecule has 0 N–H and O–H groups in total. The summed E-state index contributed by atoms with van der Waals surface area (Å²) in [6, 6.07) is 21.6. The average Bonchev–Trinajstić information content (AvgIpc) is 3.28. The van der Waals surface area contributed by atoms with E-state index in [9.17, 15) is 0 Å². The van der Waals surface area contributed by atoms with Crippen LogP contribution in [-0.2, 0) is 0 Å². The van der Waals surface area contributed by atoms with Crippen molar-refractivity contribution in [2.45, 2.75) is 50.1 Å². The predicted octanol–water partition coefficient (Wildman–Crippen LogP) is 4.94. The minimum Gasteiger partial charge on any atom is -0.337 e. The van der Waals surface area contributed by atoms with Crippen LogP contribution in [0.2, 0.25) is 0 Å². The molecule has 1 saturated heterocycles. The fourth-order valence-electron chi connectivity index (χ4n) is 5.30. The minimum absolute atomic E-state index is 0.627. The zero-order chi connectivity index (χ0) is 15.9. The summed E-state index contributed by atoms with van der Waals surface area (Å²) in [5.74, 6) is 0.663. The number of piperidine rings is 1. The Morgan fingerprint density at radius 2 is 1.54 bits per heavy atom. The molecule has 2 aromatic rings. The molecule has 0 amide bonds. The lowest BCUT2D eigenvalue weighted by atomic mass is 9.88. The molecule has 24 heavy (non-hydrogen) atoms. The number of benzene rings is 2. The Morgan fingerprint density at radius 3 is 2.38 bits per heavy atom. The Balaban J connectivity index is 1.50. The van der Waals surface area contributed by atoms with Gasteiger partial charge in [0.25, 0.3) is 0 Å². The van der Waals surface area contributed by atoms with Gasteiger partial charge in [-0.2, -0.15) is 0 Å². The van der Waals surface area contributed by atoms with E-state index in [4.69, 9.17) is 0 Å². The fourth-order valence-corrected chi connectivity index (χ4v) is 5.30. The van der Waals surface area contributed by atoms with Gasteiger partial charge in [0.15, 0.2) is 0 Å². The molecule has 2 aliphatic heterocycles. The van der Waals surface area contributed by atoms with E-state index in [-0.39, 0.29) is 0 Å². The predicted molar refractivity (Wildman–Crippen MR) is 100.0 cm³/mol. The smallest absolute Gasteiger partial charge is 0.0450 e. The second-order valence-corrected chi connectivity index (χ2v) is 7.66. The summed E-state index contributed by atoms with van der Waals surface area (Å²) < 4.78 is 0. The molecule has 1 saturated carbocycles. The molecule has 0 unspecified atom stereocenters. The maximum atomic E-state index is 2.80. The fraction of sp³-hybridized carbons (Fsp3) is 0.455. The van der Waals surface area contributed by atoms with Crippen molar-refractivity contribution in [1.29, 1.82) is 0 Å². The van der Waals surface area contributed by atoms with Crippen molar-refractivity contribution in [3.8, 4) is 0 Å². The van der Waals surface area contributed by atoms with Gasteiger partial charge in [-0.15, -0.1) is 0 Å². The number of hydrogen-bond acceptors (Lipinski definition) is 2. The highest BCUT2D eigenvalue weighted by atomic mass is 15.3. The van der Waals surface area contributed by atoms with E-state index in [0.29, 0.717) is 12.0 Å². The molecule has 2 atom stereocenters. The maximum Gasteiger partial charge on any atom is 0.0450 e. The highest BCUT2D eigenvalue weighted by Gasteiger charge is 2.43. The summed E-state index contributed by atoms with van der Waals surface area (Å²) in [4.78, 5) is 5.42. The largest absolute Gasteiger partial charge is 0.337 e. The van der Waals surface area contributed by atoms with E-state index < -0.39 is 0 Å². The normalized spacial score (nSPS) is 27.2. The third kappa shape index (κ3) is 2.28. The topological polar surface area (TPSA) is 6.48 Å². The van der Waals surface area contributed by atoms with E-state index in [1.54, 1.807) is 5.56 Å². The van der Waals surface area contributed by atoms with Gasteiger partial charge in [0.2, 0.25) is 0 Å². The van der Waals surface area contributed by atoms with Crippen LogP contribution in [0.3, 0.4) is 0 Å². The Kier molecular flexibility index (Phi) is 3.59. The van der Waals surface area contributed by atoms with Crippen molar-refractivity contribution in [1.82, 2.24) is 4.90 Å². The van der Waals surface area contributed by atoms with Crippen LogP contribution in [0.25, 0.3) is 0 Å². The molecule has 3 aliphatic rings. The summed E-state index contributed by atoms with van der Waals surface area (Å²) >= 11 is 0. The van der Waals surface area contributed by atoms with Crippen LogP contribution in [0.15, 0.2) is 54.6 Å². The monoisotopic (exact) mass is 318 g/mol. The van der Waals surface area contributed by atoms with E-state index in [1.807, 2.05) is 0 Å². The van der Waals surface area contributed by atoms with Gasteiger partial charge in [0, 0.05) is 42.5 Å². The lowest BCUT2D eigenvalue weighted by molar-refractivity contribution is 0.142. The Morgan fingerprint density at radius 1 is 0.792 bits per heavy atom. The van der Waals surface area contributed by atoms with Crippen LogP contribution in [0.1, 0.15) is 43.6 Å². The van der Waals surface area contributed by atoms with Crippen molar-refractivity contribution in [2.75, 3.05) is 18.0 Å². The first-order valence-corrected chi connectivity index (χ1v) is 9.59. The summed E-state index contributed by atoms with van der Waals surface area (Å²) in [5, 5.41) is 0. The molecule has 2 fully saturated rings. The second-order valence-electron chi connectivity index (χ2n) is 7.66. The van der Waals surface area contributed by atoms with E-state index in [0.717, 1.165) is 6.04 Å². The number of nitrogens with zero attached hydrogens (tertiary/aromatic N) is 2. The van der Waals surface area contributed by atoms with E-state index in [1.165, 1.54) is 56.6 Å². The molecular weight excluding hydrogens is 292 g/mol. The van der Waals surface area contributed by atoms with Gasteiger partial charge in [0.1, 0.15) is 0 Å². The lowest BCUT2D eigenvalue weighted by Crippen LogP contribution is -2.48. The quantitative estimate of drug-likeness (QED) is 0.774. The van der Waals surface area contributed by atoms with Crippen molar-refractivity contribution >= 4 is 11.4 Å².